The van der Waals surface area contributed by atoms with E-state index in [0.717, 1.165) is 83.5 Å². The van der Waals surface area contributed by atoms with Crippen LogP contribution >= 0.6 is 0 Å². The summed E-state index contributed by atoms with van der Waals surface area (Å²) in [6.07, 6.45) is 57.2. The van der Waals surface area contributed by atoms with Crippen LogP contribution in [0, 0.1) is 0 Å². The molecule has 8 nitrogen and oxygen atoms in total. The van der Waals surface area contributed by atoms with Crippen LogP contribution in [0.25, 0.3) is 0 Å². The van der Waals surface area contributed by atoms with Gasteiger partial charge in [-0.05, 0) is 89.9 Å². The van der Waals surface area contributed by atoms with Crippen LogP contribution in [0.1, 0.15) is 168 Å². The number of carbonyl (C=O) groups is 3. The second-order valence-corrected chi connectivity index (χ2v) is 16.6. The Bertz CT molecular complexity index is 1310. The van der Waals surface area contributed by atoms with Crippen molar-refractivity contribution in [2.45, 2.75) is 180 Å². The van der Waals surface area contributed by atoms with Gasteiger partial charge in [0.05, 0.1) is 40.3 Å². The molecular formula is C53H87NO7. The smallest absolute Gasteiger partial charge is 0.306 e. The Labute approximate surface area is 373 Å². The van der Waals surface area contributed by atoms with Crippen molar-refractivity contribution in [2.75, 3.05) is 41.0 Å². The number of carbonyl (C=O) groups excluding carboxylic acids is 3. The number of allylic oxidation sites excluding steroid dienone is 16. The van der Waals surface area contributed by atoms with E-state index in [2.05, 4.69) is 111 Å². The fraction of sp³-hybridized carbons (Fsp3) is 0.642. The first-order valence-corrected chi connectivity index (χ1v) is 23.8. The number of hydrogen-bond acceptors (Lipinski definition) is 7. The quantitative estimate of drug-likeness (QED) is 0.0198. The van der Waals surface area contributed by atoms with Gasteiger partial charge >= 0.3 is 11.9 Å². The molecule has 0 radical (unpaired) electrons. The molecule has 0 N–H and O–H groups in total. The highest BCUT2D eigenvalue weighted by atomic mass is 16.6. The lowest BCUT2D eigenvalue weighted by Crippen LogP contribution is -2.55. The zero-order chi connectivity index (χ0) is 44.9. The zero-order valence-corrected chi connectivity index (χ0v) is 39.3. The highest BCUT2D eigenvalue weighted by molar-refractivity contribution is 5.70. The average molecular weight is 850 g/mol. The van der Waals surface area contributed by atoms with Crippen LogP contribution in [-0.4, -0.2) is 75.5 Å². The van der Waals surface area contributed by atoms with Crippen molar-refractivity contribution in [1.29, 1.82) is 0 Å². The van der Waals surface area contributed by atoms with E-state index in [1.807, 2.05) is 0 Å². The number of aliphatic carboxylic acids is 1. The Hall–Kier alpha value is -3.75. The maximum atomic E-state index is 12.7. The van der Waals surface area contributed by atoms with E-state index in [1.54, 1.807) is 21.1 Å². The van der Waals surface area contributed by atoms with Gasteiger partial charge < -0.3 is 28.6 Å². The number of unbranched alkanes of at least 4 members (excludes halogenated alkanes) is 12. The van der Waals surface area contributed by atoms with Gasteiger partial charge in [0.2, 0.25) is 0 Å². The number of quaternary nitrogens is 1. The molecule has 0 saturated carbocycles. The number of hydrogen-bond donors (Lipinski definition) is 0. The van der Waals surface area contributed by atoms with Crippen LogP contribution in [0.2, 0.25) is 0 Å². The summed E-state index contributed by atoms with van der Waals surface area (Å²) in [5.74, 6) is -1.84. The highest BCUT2D eigenvalue weighted by Crippen LogP contribution is 2.12. The first-order chi connectivity index (χ1) is 29.6. The van der Waals surface area contributed by atoms with E-state index in [0.29, 0.717) is 12.8 Å². The number of esters is 2. The van der Waals surface area contributed by atoms with E-state index in [9.17, 15) is 19.5 Å². The number of ether oxygens (including phenoxy) is 3. The van der Waals surface area contributed by atoms with E-state index >= 15 is 0 Å². The second-order valence-electron chi connectivity index (χ2n) is 16.6. The molecule has 0 amide bonds. The number of carboxylic acids is 1. The molecule has 0 aromatic carbocycles. The summed E-state index contributed by atoms with van der Waals surface area (Å²) in [5.41, 5.74) is 0. The Kier molecular flexibility index (Phi) is 40.3. The molecular weight excluding hydrogens is 763 g/mol. The molecule has 0 aliphatic carbocycles. The molecule has 0 spiro atoms. The molecule has 8 heteroatoms. The Morgan fingerprint density at radius 2 is 0.967 bits per heavy atom. The topological polar surface area (TPSA) is 102 Å². The minimum absolute atomic E-state index is 0.00823. The maximum Gasteiger partial charge on any atom is 0.306 e. The summed E-state index contributed by atoms with van der Waals surface area (Å²) >= 11 is 0. The van der Waals surface area contributed by atoms with Gasteiger partial charge in [0, 0.05) is 19.3 Å². The van der Waals surface area contributed by atoms with Gasteiger partial charge in [-0.2, -0.15) is 0 Å². The molecule has 0 saturated heterocycles. The van der Waals surface area contributed by atoms with Crippen LogP contribution in [0.4, 0.5) is 0 Å². The minimum Gasteiger partial charge on any atom is -0.544 e. The molecule has 0 bridgehead atoms. The normalized spacial score (nSPS) is 13.8. The maximum absolute atomic E-state index is 12.7. The molecule has 61 heavy (non-hydrogen) atoms. The van der Waals surface area contributed by atoms with Crippen molar-refractivity contribution in [2.24, 2.45) is 0 Å². The van der Waals surface area contributed by atoms with E-state index in [-0.39, 0.29) is 49.1 Å². The van der Waals surface area contributed by atoms with Gasteiger partial charge in [-0.3, -0.25) is 9.59 Å². The highest BCUT2D eigenvalue weighted by Gasteiger charge is 2.25. The minimum atomic E-state index is -1.14. The summed E-state index contributed by atoms with van der Waals surface area (Å²) in [6, 6.07) is -0.744. The first kappa shape index (κ1) is 57.2. The van der Waals surface area contributed by atoms with Gasteiger partial charge in [-0.25, -0.2) is 0 Å². The third-order valence-corrected chi connectivity index (χ3v) is 9.98. The summed E-state index contributed by atoms with van der Waals surface area (Å²) in [5, 5.41) is 11.6. The molecule has 0 aromatic heterocycles. The number of likely N-dealkylation sites (N-methyl/N-ethyl adjacent to an activating group) is 1. The lowest BCUT2D eigenvalue weighted by Gasteiger charge is -2.34. The van der Waals surface area contributed by atoms with Crippen molar-refractivity contribution in [3.05, 3.63) is 97.2 Å². The van der Waals surface area contributed by atoms with E-state index in [4.69, 9.17) is 14.2 Å². The fourth-order valence-electron chi connectivity index (χ4n) is 6.30. The van der Waals surface area contributed by atoms with Gasteiger partial charge in [0.15, 0.2) is 6.10 Å². The van der Waals surface area contributed by atoms with Crippen LogP contribution in [0.5, 0.6) is 0 Å². The fourth-order valence-corrected chi connectivity index (χ4v) is 6.30. The molecule has 2 unspecified atom stereocenters. The number of carboxylic acid groups (broad SMARTS) is 1. The average Bonchev–Trinajstić information content (AvgIpc) is 3.22. The van der Waals surface area contributed by atoms with Gasteiger partial charge in [-0.15, -0.1) is 0 Å². The molecule has 0 heterocycles. The molecule has 0 aromatic rings. The third kappa shape index (κ3) is 41.4. The summed E-state index contributed by atoms with van der Waals surface area (Å²) in [4.78, 5) is 36.9. The molecule has 2 atom stereocenters. The molecule has 0 aliphatic rings. The standard InChI is InChI=1S/C53H87NO7/c1-6-8-10-12-14-16-18-20-22-24-25-26-27-28-30-32-34-36-38-40-42-44-52(56)61-49(47-59-46-45-50(53(57)58)54(3,4)5)48-60-51(55)43-41-39-37-35-33-31-29-23-21-19-17-15-13-11-9-7-2/h8,10,14,16,20,22-23,25-26,28-31,33-34,36,49-50H,6-7,9,11-13,15,17-19,21,24,27,32,35,37-48H2,1-5H3/b10-8+,16-14+,22-20+,26-25+,29-23+,30-28+,33-31+,36-34+. The largest absolute Gasteiger partial charge is 0.544 e. The number of rotatable bonds is 41. The third-order valence-electron chi connectivity index (χ3n) is 9.98. The lowest BCUT2D eigenvalue weighted by molar-refractivity contribution is -0.889. The molecule has 346 valence electrons. The number of nitrogens with zero attached hydrogens (tertiary/aromatic N) is 1. The van der Waals surface area contributed by atoms with E-state index < -0.39 is 18.1 Å². The second kappa shape index (κ2) is 42.9. The van der Waals surface area contributed by atoms with Crippen LogP contribution < -0.4 is 5.11 Å². The van der Waals surface area contributed by atoms with Crippen molar-refractivity contribution in [3.8, 4) is 0 Å². The Morgan fingerprint density at radius 1 is 0.525 bits per heavy atom. The van der Waals surface area contributed by atoms with Crippen LogP contribution in [0.3, 0.4) is 0 Å². The van der Waals surface area contributed by atoms with Crippen LogP contribution in [0.15, 0.2) is 97.2 Å². The molecule has 0 fully saturated rings. The van der Waals surface area contributed by atoms with Crippen LogP contribution in [-0.2, 0) is 28.6 Å². The van der Waals surface area contributed by atoms with Gasteiger partial charge in [0.1, 0.15) is 12.6 Å². The predicted molar refractivity (Wildman–Crippen MR) is 254 cm³/mol. The van der Waals surface area contributed by atoms with Crippen molar-refractivity contribution < 1.29 is 38.2 Å². The zero-order valence-electron chi connectivity index (χ0n) is 39.3. The monoisotopic (exact) mass is 850 g/mol. The molecule has 0 aliphatic heterocycles. The van der Waals surface area contributed by atoms with Gasteiger partial charge in [0.25, 0.3) is 0 Å². The van der Waals surface area contributed by atoms with Crippen molar-refractivity contribution in [1.82, 2.24) is 0 Å². The Morgan fingerprint density at radius 3 is 1.49 bits per heavy atom. The summed E-state index contributed by atoms with van der Waals surface area (Å²) in [7, 11) is 5.38. The van der Waals surface area contributed by atoms with Crippen molar-refractivity contribution in [3.63, 3.8) is 0 Å². The SMILES string of the molecule is CC/C=C/C/C=C/C/C=C/C/C=C/C/C=C/C/C=C/CCCCC(=O)OC(COCCC(C(=O)[O-])[N+](C)(C)C)COC(=O)CCCCC/C=C/C=C/CCCCCCCCC. The Balaban J connectivity index is 4.46. The summed E-state index contributed by atoms with van der Waals surface area (Å²) in [6.45, 7) is 4.45. The van der Waals surface area contributed by atoms with Gasteiger partial charge in [-0.1, -0.05) is 156 Å². The first-order valence-electron chi connectivity index (χ1n) is 23.8. The predicted octanol–water partition coefficient (Wildman–Crippen LogP) is 12.1. The molecule has 0 rings (SSSR count). The summed E-state index contributed by atoms with van der Waals surface area (Å²) < 4.78 is 17.1. The van der Waals surface area contributed by atoms with E-state index in [1.165, 1.54) is 44.9 Å². The van der Waals surface area contributed by atoms with Crippen molar-refractivity contribution >= 4 is 17.9 Å². The lowest BCUT2D eigenvalue weighted by atomic mass is 10.1.